The van der Waals surface area contributed by atoms with Gasteiger partial charge < -0.3 is 14.4 Å². The Balaban J connectivity index is 1.28. The standard InChI is InChI=1S/C24H28BrClN2O3/c1-30-22-6-7-23(25)19(13-22)12-17-8-10-27(11-9-17)14-18-15-28(24(29)31-16-18)21-4-2-20(26)3-5-21/h2-7,13,17-18H,8-12,14-16H2,1H3. The van der Waals surface area contributed by atoms with Crippen LogP contribution in [0.4, 0.5) is 10.5 Å². The van der Waals surface area contributed by atoms with Crippen LogP contribution in [0.5, 0.6) is 5.75 Å². The smallest absolute Gasteiger partial charge is 0.414 e. The van der Waals surface area contributed by atoms with Crippen molar-refractivity contribution in [2.45, 2.75) is 19.3 Å². The Morgan fingerprint density at radius 3 is 2.58 bits per heavy atom. The molecular formula is C24H28BrClN2O3. The lowest BCUT2D eigenvalue weighted by Gasteiger charge is -2.38. The number of nitrogens with zero attached hydrogens (tertiary/aromatic N) is 2. The minimum Gasteiger partial charge on any atom is -0.497 e. The molecule has 2 aromatic rings. The van der Waals surface area contributed by atoms with Crippen molar-refractivity contribution in [3.63, 3.8) is 0 Å². The van der Waals surface area contributed by atoms with Crippen LogP contribution in [0, 0.1) is 11.8 Å². The van der Waals surface area contributed by atoms with Crippen LogP contribution in [0.3, 0.4) is 0 Å². The molecule has 2 aromatic carbocycles. The summed E-state index contributed by atoms with van der Waals surface area (Å²) in [7, 11) is 1.71. The fourth-order valence-electron chi connectivity index (χ4n) is 4.48. The van der Waals surface area contributed by atoms with E-state index in [0.29, 0.717) is 30.0 Å². The first-order valence-corrected chi connectivity index (χ1v) is 11.9. The predicted molar refractivity (Wildman–Crippen MR) is 127 cm³/mol. The van der Waals surface area contributed by atoms with Crippen molar-refractivity contribution in [1.29, 1.82) is 0 Å². The molecule has 0 N–H and O–H groups in total. The summed E-state index contributed by atoms with van der Waals surface area (Å²) in [4.78, 5) is 16.5. The Hall–Kier alpha value is -1.76. The molecule has 0 aliphatic carbocycles. The van der Waals surface area contributed by atoms with Crippen molar-refractivity contribution in [3.05, 3.63) is 57.5 Å². The van der Waals surface area contributed by atoms with Gasteiger partial charge in [-0.3, -0.25) is 4.90 Å². The minimum absolute atomic E-state index is 0.277. The van der Waals surface area contributed by atoms with E-state index >= 15 is 0 Å². The normalized spacial score (nSPS) is 20.5. The van der Waals surface area contributed by atoms with E-state index in [4.69, 9.17) is 21.1 Å². The van der Waals surface area contributed by atoms with E-state index in [-0.39, 0.29) is 6.09 Å². The van der Waals surface area contributed by atoms with Gasteiger partial charge in [0.05, 0.1) is 13.7 Å². The summed E-state index contributed by atoms with van der Waals surface area (Å²) in [5.41, 5.74) is 2.15. The molecule has 4 rings (SSSR count). The molecule has 0 bridgehead atoms. The number of carbonyl (C=O) groups excluding carboxylic acids is 1. The third kappa shape index (κ3) is 5.73. The van der Waals surface area contributed by atoms with Gasteiger partial charge in [0.15, 0.2) is 0 Å². The van der Waals surface area contributed by atoms with Gasteiger partial charge in [-0.25, -0.2) is 4.79 Å². The number of hydrogen-bond donors (Lipinski definition) is 0. The molecular weight excluding hydrogens is 480 g/mol. The second-order valence-corrected chi connectivity index (χ2v) is 9.73. The molecule has 5 nitrogen and oxygen atoms in total. The van der Waals surface area contributed by atoms with Crippen molar-refractivity contribution in [3.8, 4) is 5.75 Å². The van der Waals surface area contributed by atoms with E-state index in [1.54, 1.807) is 24.1 Å². The maximum absolute atomic E-state index is 12.3. The summed E-state index contributed by atoms with van der Waals surface area (Å²) in [6, 6.07) is 13.5. The highest BCUT2D eigenvalue weighted by molar-refractivity contribution is 9.10. The predicted octanol–water partition coefficient (Wildman–Crippen LogP) is 5.64. The zero-order valence-electron chi connectivity index (χ0n) is 17.7. The number of anilines is 1. The van der Waals surface area contributed by atoms with E-state index in [1.807, 2.05) is 18.2 Å². The summed E-state index contributed by atoms with van der Waals surface area (Å²) < 4.78 is 12.0. The van der Waals surface area contributed by atoms with Crippen molar-refractivity contribution < 1.29 is 14.3 Å². The van der Waals surface area contributed by atoms with E-state index in [0.717, 1.165) is 42.0 Å². The number of halogens is 2. The van der Waals surface area contributed by atoms with Gasteiger partial charge in [0.25, 0.3) is 0 Å². The quantitative estimate of drug-likeness (QED) is 0.507. The summed E-state index contributed by atoms with van der Waals surface area (Å²) in [5, 5.41) is 0.662. The maximum Gasteiger partial charge on any atom is 0.414 e. The van der Waals surface area contributed by atoms with Gasteiger partial charge in [-0.1, -0.05) is 27.5 Å². The zero-order chi connectivity index (χ0) is 21.8. The molecule has 0 radical (unpaired) electrons. The Bertz CT molecular complexity index is 900. The third-order valence-corrected chi connectivity index (χ3v) is 7.25. The van der Waals surface area contributed by atoms with Crippen LogP contribution < -0.4 is 9.64 Å². The molecule has 1 atom stereocenters. The molecule has 2 fully saturated rings. The average Bonchev–Trinajstić information content (AvgIpc) is 2.78. The van der Waals surface area contributed by atoms with Crippen molar-refractivity contribution in [2.75, 3.05) is 44.8 Å². The second kappa shape index (κ2) is 10.2. The maximum atomic E-state index is 12.3. The lowest BCUT2D eigenvalue weighted by molar-refractivity contribution is 0.0870. The first kappa shape index (κ1) is 22.4. The molecule has 31 heavy (non-hydrogen) atoms. The van der Waals surface area contributed by atoms with E-state index in [2.05, 4.69) is 33.0 Å². The summed E-state index contributed by atoms with van der Waals surface area (Å²) in [5.74, 6) is 1.89. The highest BCUT2D eigenvalue weighted by atomic mass is 79.9. The van der Waals surface area contributed by atoms with Gasteiger partial charge in [0.1, 0.15) is 5.75 Å². The number of carbonyl (C=O) groups is 1. The van der Waals surface area contributed by atoms with Crippen LogP contribution in [0.1, 0.15) is 18.4 Å². The van der Waals surface area contributed by atoms with Crippen LogP contribution in [0.15, 0.2) is 46.9 Å². The minimum atomic E-state index is -0.277. The van der Waals surface area contributed by atoms with Gasteiger partial charge >= 0.3 is 6.09 Å². The fourth-order valence-corrected chi connectivity index (χ4v) is 5.01. The van der Waals surface area contributed by atoms with E-state index < -0.39 is 0 Å². The molecule has 7 heteroatoms. The molecule has 2 aliphatic rings. The van der Waals surface area contributed by atoms with Gasteiger partial charge in [-0.2, -0.15) is 0 Å². The van der Waals surface area contributed by atoms with Crippen LogP contribution >= 0.6 is 27.5 Å². The van der Waals surface area contributed by atoms with Crippen molar-refractivity contribution in [2.24, 2.45) is 11.8 Å². The molecule has 2 heterocycles. The monoisotopic (exact) mass is 506 g/mol. The van der Waals surface area contributed by atoms with Crippen molar-refractivity contribution >= 4 is 39.3 Å². The lowest BCUT2D eigenvalue weighted by Crippen LogP contribution is -2.48. The number of piperidine rings is 1. The SMILES string of the molecule is COc1ccc(Br)c(CC2CCN(CC3COC(=O)N(c4ccc(Cl)cc4)C3)CC2)c1. The summed E-state index contributed by atoms with van der Waals surface area (Å²) in [6.07, 6.45) is 3.15. The second-order valence-electron chi connectivity index (χ2n) is 8.44. The lowest BCUT2D eigenvalue weighted by atomic mass is 9.89. The Kier molecular flexibility index (Phi) is 7.41. The average molecular weight is 508 g/mol. The number of likely N-dealkylation sites (tertiary alicyclic amines) is 1. The Morgan fingerprint density at radius 1 is 1.13 bits per heavy atom. The van der Waals surface area contributed by atoms with Gasteiger partial charge in [0, 0.05) is 34.2 Å². The molecule has 2 saturated heterocycles. The zero-order valence-corrected chi connectivity index (χ0v) is 20.1. The van der Waals surface area contributed by atoms with Crippen LogP contribution in [0.2, 0.25) is 5.02 Å². The number of rotatable bonds is 6. The topological polar surface area (TPSA) is 42.0 Å². The highest BCUT2D eigenvalue weighted by Gasteiger charge is 2.30. The molecule has 0 spiro atoms. The number of cyclic esters (lactones) is 1. The van der Waals surface area contributed by atoms with E-state index in [9.17, 15) is 4.79 Å². The van der Waals surface area contributed by atoms with Gasteiger partial charge in [-0.05, 0) is 86.3 Å². The molecule has 0 aromatic heterocycles. The Morgan fingerprint density at radius 2 is 1.87 bits per heavy atom. The molecule has 166 valence electrons. The number of hydrogen-bond acceptors (Lipinski definition) is 4. The largest absolute Gasteiger partial charge is 0.497 e. The number of benzene rings is 2. The molecule has 2 aliphatic heterocycles. The van der Waals surface area contributed by atoms with Crippen LogP contribution in [0.25, 0.3) is 0 Å². The molecule has 1 unspecified atom stereocenters. The Labute approximate surface area is 197 Å². The molecule has 1 amide bonds. The van der Waals surface area contributed by atoms with Crippen LogP contribution in [-0.4, -0.2) is 50.9 Å². The first-order valence-electron chi connectivity index (χ1n) is 10.8. The van der Waals surface area contributed by atoms with Crippen molar-refractivity contribution in [1.82, 2.24) is 4.90 Å². The number of methoxy groups -OCH3 is 1. The van der Waals surface area contributed by atoms with Gasteiger partial charge in [-0.15, -0.1) is 0 Å². The third-order valence-electron chi connectivity index (χ3n) is 6.23. The highest BCUT2D eigenvalue weighted by Crippen LogP contribution is 2.29. The van der Waals surface area contributed by atoms with E-state index in [1.165, 1.54) is 18.4 Å². The fraction of sp³-hybridized carbons (Fsp3) is 0.458. The van der Waals surface area contributed by atoms with Gasteiger partial charge in [0.2, 0.25) is 0 Å². The number of ether oxygens (including phenoxy) is 2. The van der Waals surface area contributed by atoms with Crippen LogP contribution in [-0.2, 0) is 11.2 Å². The summed E-state index contributed by atoms with van der Waals surface area (Å²) in [6.45, 7) is 4.28. The first-order chi connectivity index (χ1) is 15.0. The summed E-state index contributed by atoms with van der Waals surface area (Å²) >= 11 is 9.66. The molecule has 0 saturated carbocycles. The number of amides is 1.